The molecule has 0 saturated carbocycles. The van der Waals surface area contributed by atoms with Crippen LogP contribution in [0, 0.1) is 0 Å². The Morgan fingerprint density at radius 2 is 2.05 bits per heavy atom. The number of halogens is 2. The number of ether oxygens (including phenoxy) is 1. The van der Waals surface area contributed by atoms with Gasteiger partial charge in [-0.2, -0.15) is 0 Å². The quantitative estimate of drug-likeness (QED) is 0.839. The molecular formula is C12H11Cl2N3O3S. The van der Waals surface area contributed by atoms with E-state index in [4.69, 9.17) is 27.9 Å². The van der Waals surface area contributed by atoms with Crippen LogP contribution in [0.4, 0.5) is 0 Å². The van der Waals surface area contributed by atoms with E-state index in [9.17, 15) is 8.42 Å². The molecule has 0 aliphatic rings. The molecule has 0 atom stereocenters. The molecule has 2 rings (SSSR count). The summed E-state index contributed by atoms with van der Waals surface area (Å²) < 4.78 is 31.7. The molecule has 0 bridgehead atoms. The highest BCUT2D eigenvalue weighted by Crippen LogP contribution is 2.22. The number of nitrogens with zero attached hydrogens (tertiary/aromatic N) is 2. The molecule has 6 nitrogen and oxygen atoms in total. The highest BCUT2D eigenvalue weighted by atomic mass is 35.5. The van der Waals surface area contributed by atoms with Crippen molar-refractivity contribution in [2.75, 3.05) is 7.11 Å². The maximum atomic E-state index is 12.1. The van der Waals surface area contributed by atoms with E-state index in [0.717, 1.165) is 6.20 Å². The number of hydrogen-bond donors (Lipinski definition) is 1. The third-order valence-corrected chi connectivity index (χ3v) is 4.61. The molecule has 1 N–H and O–H groups in total. The molecule has 112 valence electrons. The summed E-state index contributed by atoms with van der Waals surface area (Å²) in [4.78, 5) is 7.59. The molecule has 21 heavy (non-hydrogen) atoms. The Kier molecular flexibility index (Phi) is 5.00. The first-order valence-corrected chi connectivity index (χ1v) is 7.96. The smallest absolute Gasteiger partial charge is 0.242 e. The first-order valence-electron chi connectivity index (χ1n) is 5.72. The predicted molar refractivity (Wildman–Crippen MR) is 79.1 cm³/mol. The second-order valence-corrected chi connectivity index (χ2v) is 6.51. The summed E-state index contributed by atoms with van der Waals surface area (Å²) in [6.45, 7) is 0.0848. The van der Waals surface area contributed by atoms with E-state index in [1.54, 1.807) is 12.1 Å². The fourth-order valence-electron chi connectivity index (χ4n) is 1.48. The Balaban J connectivity index is 2.15. The first-order chi connectivity index (χ1) is 9.92. The van der Waals surface area contributed by atoms with Crippen LogP contribution >= 0.6 is 23.2 Å². The Morgan fingerprint density at radius 3 is 2.71 bits per heavy atom. The summed E-state index contributed by atoms with van der Waals surface area (Å²) in [5.41, 5.74) is 0.707. The number of rotatable bonds is 5. The van der Waals surface area contributed by atoms with Gasteiger partial charge in [0, 0.05) is 25.0 Å². The van der Waals surface area contributed by atoms with Crippen LogP contribution in [0.15, 0.2) is 35.5 Å². The molecule has 2 aromatic heterocycles. The van der Waals surface area contributed by atoms with Gasteiger partial charge in [-0.3, -0.25) is 0 Å². The second-order valence-electron chi connectivity index (χ2n) is 3.97. The molecule has 0 aromatic carbocycles. The lowest BCUT2D eigenvalue weighted by molar-refractivity contribution is 0.397. The fraction of sp³-hybridized carbons (Fsp3) is 0.167. The van der Waals surface area contributed by atoms with Crippen molar-refractivity contribution >= 4 is 33.2 Å². The van der Waals surface area contributed by atoms with Gasteiger partial charge in [0.25, 0.3) is 0 Å². The van der Waals surface area contributed by atoms with Crippen LogP contribution in [0.3, 0.4) is 0 Å². The predicted octanol–water partition coefficient (Wildman–Crippen LogP) is 2.27. The van der Waals surface area contributed by atoms with Crippen molar-refractivity contribution in [2.45, 2.75) is 11.4 Å². The average molecular weight is 348 g/mol. The SMILES string of the molecule is COc1cc(CNS(=O)(=O)c2cnc(Cl)c(Cl)c2)ccn1. The van der Waals surface area contributed by atoms with Crippen LogP contribution in [-0.4, -0.2) is 25.5 Å². The number of sulfonamides is 1. The highest BCUT2D eigenvalue weighted by Gasteiger charge is 2.16. The maximum Gasteiger partial charge on any atom is 0.242 e. The Labute approximate surface area is 132 Å². The van der Waals surface area contributed by atoms with Gasteiger partial charge in [0.05, 0.1) is 12.1 Å². The van der Waals surface area contributed by atoms with Gasteiger partial charge in [-0.1, -0.05) is 23.2 Å². The molecule has 2 aromatic rings. The summed E-state index contributed by atoms with van der Waals surface area (Å²) >= 11 is 11.4. The van der Waals surface area contributed by atoms with Crippen LogP contribution < -0.4 is 9.46 Å². The molecule has 0 spiro atoms. The minimum absolute atomic E-state index is 0.0505. The van der Waals surface area contributed by atoms with E-state index < -0.39 is 10.0 Å². The minimum Gasteiger partial charge on any atom is -0.481 e. The van der Waals surface area contributed by atoms with E-state index in [-0.39, 0.29) is 21.6 Å². The number of methoxy groups -OCH3 is 1. The molecular weight excluding hydrogens is 337 g/mol. The normalized spacial score (nSPS) is 11.4. The lowest BCUT2D eigenvalue weighted by Gasteiger charge is -2.08. The first kappa shape index (κ1) is 16.0. The lowest BCUT2D eigenvalue weighted by atomic mass is 10.3. The molecule has 0 unspecified atom stereocenters. The number of nitrogens with one attached hydrogen (secondary N) is 1. The van der Waals surface area contributed by atoms with Crippen LogP contribution in [-0.2, 0) is 16.6 Å². The maximum absolute atomic E-state index is 12.1. The number of hydrogen-bond acceptors (Lipinski definition) is 5. The van der Waals surface area contributed by atoms with Crippen LogP contribution in [0.25, 0.3) is 0 Å². The van der Waals surface area contributed by atoms with Gasteiger partial charge in [-0.25, -0.2) is 23.1 Å². The highest BCUT2D eigenvalue weighted by molar-refractivity contribution is 7.89. The zero-order valence-corrected chi connectivity index (χ0v) is 13.2. The largest absolute Gasteiger partial charge is 0.481 e. The van der Waals surface area contributed by atoms with Gasteiger partial charge in [-0.15, -0.1) is 0 Å². The van der Waals surface area contributed by atoms with Crippen LogP contribution in [0.1, 0.15) is 5.56 Å². The molecule has 0 saturated heterocycles. The summed E-state index contributed by atoms with van der Waals surface area (Å²) in [5, 5.41) is 0.125. The van der Waals surface area contributed by atoms with Crippen molar-refractivity contribution in [3.63, 3.8) is 0 Å². The van der Waals surface area contributed by atoms with Crippen LogP contribution in [0.2, 0.25) is 10.2 Å². The standard InChI is InChI=1S/C12H11Cl2N3O3S/c1-20-11-4-8(2-3-15-11)6-17-21(18,19)9-5-10(13)12(14)16-7-9/h2-5,7,17H,6H2,1H3. The molecule has 0 fully saturated rings. The van der Waals surface area contributed by atoms with E-state index in [0.29, 0.717) is 11.4 Å². The van der Waals surface area contributed by atoms with Gasteiger partial charge in [0.15, 0.2) is 0 Å². The molecule has 0 aliphatic heterocycles. The monoisotopic (exact) mass is 347 g/mol. The van der Waals surface area contributed by atoms with E-state index in [1.165, 1.54) is 19.4 Å². The van der Waals surface area contributed by atoms with Gasteiger partial charge in [0.2, 0.25) is 15.9 Å². The summed E-state index contributed by atoms with van der Waals surface area (Å²) in [7, 11) is -2.25. The summed E-state index contributed by atoms with van der Waals surface area (Å²) in [5.74, 6) is 0.405. The molecule has 0 radical (unpaired) electrons. The van der Waals surface area contributed by atoms with Crippen molar-refractivity contribution in [3.8, 4) is 5.88 Å². The van der Waals surface area contributed by atoms with Gasteiger partial charge >= 0.3 is 0 Å². The van der Waals surface area contributed by atoms with Gasteiger partial charge in [0.1, 0.15) is 10.0 Å². The lowest BCUT2D eigenvalue weighted by Crippen LogP contribution is -2.23. The zero-order chi connectivity index (χ0) is 15.5. The zero-order valence-electron chi connectivity index (χ0n) is 10.9. The van der Waals surface area contributed by atoms with Crippen molar-refractivity contribution in [1.29, 1.82) is 0 Å². The average Bonchev–Trinajstić information content (AvgIpc) is 2.48. The third-order valence-electron chi connectivity index (χ3n) is 2.56. The second kappa shape index (κ2) is 6.57. The minimum atomic E-state index is -3.73. The van der Waals surface area contributed by atoms with E-state index in [2.05, 4.69) is 14.7 Å². The number of pyridine rings is 2. The van der Waals surface area contributed by atoms with Crippen molar-refractivity contribution < 1.29 is 13.2 Å². The van der Waals surface area contributed by atoms with Gasteiger partial charge in [-0.05, 0) is 17.7 Å². The third kappa shape index (κ3) is 4.04. The molecule has 2 heterocycles. The van der Waals surface area contributed by atoms with Crippen molar-refractivity contribution in [2.24, 2.45) is 0 Å². The summed E-state index contributed by atoms with van der Waals surface area (Å²) in [6, 6.07) is 4.56. The Morgan fingerprint density at radius 1 is 1.29 bits per heavy atom. The molecule has 0 amide bonds. The molecule has 9 heteroatoms. The fourth-order valence-corrected chi connectivity index (χ4v) is 2.81. The van der Waals surface area contributed by atoms with Crippen LogP contribution in [0.5, 0.6) is 5.88 Å². The molecule has 0 aliphatic carbocycles. The topological polar surface area (TPSA) is 81.2 Å². The number of aromatic nitrogens is 2. The Bertz CT molecular complexity index is 753. The van der Waals surface area contributed by atoms with Crippen molar-refractivity contribution in [1.82, 2.24) is 14.7 Å². The summed E-state index contributed by atoms with van der Waals surface area (Å²) in [6.07, 6.45) is 2.67. The Hall–Kier alpha value is -1.41. The van der Waals surface area contributed by atoms with E-state index >= 15 is 0 Å². The van der Waals surface area contributed by atoms with Crippen molar-refractivity contribution in [3.05, 3.63) is 46.3 Å². The van der Waals surface area contributed by atoms with E-state index in [1.807, 2.05) is 0 Å². The van der Waals surface area contributed by atoms with Gasteiger partial charge < -0.3 is 4.74 Å².